The van der Waals surface area contributed by atoms with Crippen LogP contribution in [-0.4, -0.2) is 16.3 Å². The first kappa shape index (κ1) is 17.8. The molecule has 1 unspecified atom stereocenters. The fraction of sp³-hybridized carbons (Fsp3) is 0.0909. The molecule has 0 aromatic heterocycles. The molecule has 1 aliphatic rings. The number of nitrogens with zero attached hydrogens (tertiary/aromatic N) is 2. The average Bonchev–Trinajstić information content (AvgIpc) is 3.00. The predicted octanol–water partition coefficient (Wildman–Crippen LogP) is 5.72. The van der Waals surface area contributed by atoms with Gasteiger partial charge in [-0.05, 0) is 42.3 Å². The van der Waals surface area contributed by atoms with Crippen molar-refractivity contribution >= 4 is 45.8 Å². The van der Waals surface area contributed by atoms with E-state index in [1.165, 1.54) is 11.8 Å². The van der Waals surface area contributed by atoms with Gasteiger partial charge in [-0.2, -0.15) is 0 Å². The first-order valence-corrected chi connectivity index (χ1v) is 9.91. The van der Waals surface area contributed by atoms with Crippen LogP contribution in [0.25, 0.3) is 0 Å². The number of hydrogen-bond acceptors (Lipinski definition) is 3. The molecule has 1 heterocycles. The molecule has 27 heavy (non-hydrogen) atoms. The molecule has 3 nitrogen and oxygen atoms in total. The molecule has 0 radical (unpaired) electrons. The molecule has 1 saturated heterocycles. The summed E-state index contributed by atoms with van der Waals surface area (Å²) in [6, 6.07) is 27.0. The van der Waals surface area contributed by atoms with E-state index in [1.807, 2.05) is 84.9 Å². The third-order valence-electron chi connectivity index (χ3n) is 4.29. The minimum absolute atomic E-state index is 0.0285. The maximum absolute atomic E-state index is 13.2. The van der Waals surface area contributed by atoms with Crippen molar-refractivity contribution in [3.8, 4) is 0 Å². The number of aliphatic imine (C=N–C) groups is 1. The Hall–Kier alpha value is -2.56. The molecule has 0 saturated carbocycles. The normalized spacial score (nSPS) is 18.3. The maximum atomic E-state index is 13.2. The van der Waals surface area contributed by atoms with Crippen molar-refractivity contribution in [3.05, 3.63) is 95.5 Å². The van der Waals surface area contributed by atoms with E-state index in [4.69, 9.17) is 16.6 Å². The summed E-state index contributed by atoms with van der Waals surface area (Å²) in [5, 5.41) is 1.12. The molecule has 134 valence electrons. The van der Waals surface area contributed by atoms with Gasteiger partial charge < -0.3 is 0 Å². The SMILES string of the molecule is O=C1C(Cc2ccccc2Cl)SC(=Nc2ccccc2)N1c1ccccc1. The summed E-state index contributed by atoms with van der Waals surface area (Å²) >= 11 is 7.79. The second-order valence-corrected chi connectivity index (χ2v) is 7.72. The van der Waals surface area contributed by atoms with E-state index in [0.29, 0.717) is 16.6 Å². The standard InChI is InChI=1S/C22H17ClN2OS/c23-19-14-8-7-9-16(19)15-20-21(26)25(18-12-5-2-6-13-18)22(27-20)24-17-10-3-1-4-11-17/h1-14,20H,15H2. The van der Waals surface area contributed by atoms with Crippen molar-refractivity contribution in [1.82, 2.24) is 0 Å². The van der Waals surface area contributed by atoms with Crippen LogP contribution in [0.2, 0.25) is 5.02 Å². The van der Waals surface area contributed by atoms with Gasteiger partial charge in [-0.1, -0.05) is 78.0 Å². The van der Waals surface area contributed by atoms with E-state index in [1.54, 1.807) is 4.90 Å². The highest BCUT2D eigenvalue weighted by atomic mass is 35.5. The van der Waals surface area contributed by atoms with Crippen LogP contribution in [0.15, 0.2) is 89.9 Å². The van der Waals surface area contributed by atoms with Crippen LogP contribution < -0.4 is 4.90 Å². The lowest BCUT2D eigenvalue weighted by molar-refractivity contribution is -0.116. The summed E-state index contributed by atoms with van der Waals surface area (Å²) in [7, 11) is 0. The Balaban J connectivity index is 1.69. The van der Waals surface area contributed by atoms with Gasteiger partial charge in [0, 0.05) is 5.02 Å². The van der Waals surface area contributed by atoms with Gasteiger partial charge >= 0.3 is 0 Å². The third-order valence-corrected chi connectivity index (χ3v) is 5.80. The molecule has 1 amide bonds. The van der Waals surface area contributed by atoms with Crippen LogP contribution in [0.4, 0.5) is 11.4 Å². The van der Waals surface area contributed by atoms with Gasteiger partial charge in [0.05, 0.1) is 16.6 Å². The number of carbonyl (C=O) groups excluding carboxylic acids is 1. The number of halogens is 1. The van der Waals surface area contributed by atoms with Crippen molar-refractivity contribution < 1.29 is 4.79 Å². The smallest absolute Gasteiger partial charge is 0.247 e. The molecule has 3 aromatic carbocycles. The van der Waals surface area contributed by atoms with Crippen molar-refractivity contribution in [1.29, 1.82) is 0 Å². The van der Waals surface area contributed by atoms with Crippen molar-refractivity contribution in [2.45, 2.75) is 11.7 Å². The second kappa shape index (κ2) is 7.99. The summed E-state index contributed by atoms with van der Waals surface area (Å²) in [6.07, 6.45) is 0.570. The molecule has 0 spiro atoms. The lowest BCUT2D eigenvalue weighted by atomic mass is 10.1. The monoisotopic (exact) mass is 392 g/mol. The maximum Gasteiger partial charge on any atom is 0.247 e. The highest BCUT2D eigenvalue weighted by Crippen LogP contribution is 2.36. The van der Waals surface area contributed by atoms with Crippen LogP contribution >= 0.6 is 23.4 Å². The Kier molecular flexibility index (Phi) is 5.28. The molecule has 1 atom stereocenters. The number of hydrogen-bond donors (Lipinski definition) is 0. The lowest BCUT2D eigenvalue weighted by Gasteiger charge is -2.16. The first-order chi connectivity index (χ1) is 13.2. The van der Waals surface area contributed by atoms with Gasteiger partial charge in [-0.25, -0.2) is 4.99 Å². The summed E-state index contributed by atoms with van der Waals surface area (Å²) in [6.45, 7) is 0. The molecule has 0 N–H and O–H groups in total. The molecule has 0 aliphatic carbocycles. The van der Waals surface area contributed by atoms with Crippen LogP contribution in [0.1, 0.15) is 5.56 Å². The Bertz CT molecular complexity index is 976. The molecular formula is C22H17ClN2OS. The number of para-hydroxylation sites is 2. The average molecular weight is 393 g/mol. The summed E-state index contributed by atoms with van der Waals surface area (Å²) < 4.78 is 0. The van der Waals surface area contributed by atoms with E-state index in [9.17, 15) is 4.79 Å². The van der Waals surface area contributed by atoms with Crippen molar-refractivity contribution in [2.75, 3.05) is 4.90 Å². The molecule has 0 bridgehead atoms. The molecule has 1 fully saturated rings. The quantitative estimate of drug-likeness (QED) is 0.568. The van der Waals surface area contributed by atoms with Crippen LogP contribution in [0, 0.1) is 0 Å². The van der Waals surface area contributed by atoms with Crippen LogP contribution in [0.5, 0.6) is 0 Å². The van der Waals surface area contributed by atoms with Gasteiger partial charge in [-0.15, -0.1) is 0 Å². The number of amides is 1. The fourth-order valence-electron chi connectivity index (χ4n) is 2.97. The zero-order chi connectivity index (χ0) is 18.6. The third kappa shape index (κ3) is 3.92. The van der Waals surface area contributed by atoms with Gasteiger partial charge in [0.25, 0.3) is 0 Å². The largest absolute Gasteiger partial charge is 0.273 e. The Morgan fingerprint density at radius 1 is 0.889 bits per heavy atom. The number of carbonyl (C=O) groups is 1. The molecule has 3 aromatic rings. The molecular weight excluding hydrogens is 376 g/mol. The van der Waals surface area contributed by atoms with E-state index < -0.39 is 0 Å². The zero-order valence-electron chi connectivity index (χ0n) is 14.5. The number of benzene rings is 3. The van der Waals surface area contributed by atoms with E-state index in [-0.39, 0.29) is 11.2 Å². The molecule has 1 aliphatic heterocycles. The molecule has 4 rings (SSSR count). The zero-order valence-corrected chi connectivity index (χ0v) is 16.0. The van der Waals surface area contributed by atoms with Gasteiger partial charge in [-0.3, -0.25) is 9.69 Å². The van der Waals surface area contributed by atoms with Gasteiger partial charge in [0.1, 0.15) is 0 Å². The van der Waals surface area contributed by atoms with E-state index in [0.717, 1.165) is 16.9 Å². The number of anilines is 1. The minimum Gasteiger partial charge on any atom is -0.273 e. The van der Waals surface area contributed by atoms with E-state index in [2.05, 4.69) is 0 Å². The fourth-order valence-corrected chi connectivity index (χ4v) is 4.36. The van der Waals surface area contributed by atoms with Gasteiger partial charge in [0.2, 0.25) is 5.91 Å². The number of thioether (sulfide) groups is 1. The Morgan fingerprint density at radius 2 is 1.52 bits per heavy atom. The lowest BCUT2D eigenvalue weighted by Crippen LogP contribution is -2.32. The topological polar surface area (TPSA) is 32.7 Å². The van der Waals surface area contributed by atoms with Crippen molar-refractivity contribution in [3.63, 3.8) is 0 Å². The van der Waals surface area contributed by atoms with Crippen LogP contribution in [-0.2, 0) is 11.2 Å². The second-order valence-electron chi connectivity index (χ2n) is 6.14. The highest BCUT2D eigenvalue weighted by Gasteiger charge is 2.39. The van der Waals surface area contributed by atoms with E-state index >= 15 is 0 Å². The van der Waals surface area contributed by atoms with Crippen molar-refractivity contribution in [2.24, 2.45) is 4.99 Å². The summed E-state index contributed by atoms with van der Waals surface area (Å²) in [5.74, 6) is 0.0285. The Labute approximate surface area is 167 Å². The summed E-state index contributed by atoms with van der Waals surface area (Å²) in [5.41, 5.74) is 2.62. The van der Waals surface area contributed by atoms with Gasteiger partial charge in [0.15, 0.2) is 5.17 Å². The number of rotatable bonds is 4. The summed E-state index contributed by atoms with van der Waals surface area (Å²) in [4.78, 5) is 19.6. The number of amidine groups is 1. The molecule has 5 heteroatoms. The minimum atomic E-state index is -0.257. The first-order valence-electron chi connectivity index (χ1n) is 8.65. The Morgan fingerprint density at radius 3 is 2.22 bits per heavy atom. The predicted molar refractivity (Wildman–Crippen MR) is 114 cm³/mol. The van der Waals surface area contributed by atoms with Crippen LogP contribution in [0.3, 0.4) is 0 Å². The highest BCUT2D eigenvalue weighted by molar-refractivity contribution is 8.16.